The second kappa shape index (κ2) is 3.55. The lowest BCUT2D eigenvalue weighted by Gasteiger charge is -2.13. The van der Waals surface area contributed by atoms with Crippen molar-refractivity contribution in [3.8, 4) is 17.2 Å². The fraction of sp³-hybridized carbons (Fsp3) is 0.417. The third-order valence-corrected chi connectivity index (χ3v) is 3.21. The van der Waals surface area contributed by atoms with E-state index >= 15 is 0 Å². The van der Waals surface area contributed by atoms with Crippen molar-refractivity contribution in [1.82, 2.24) is 0 Å². The number of carbonyl (C=O) groups is 1. The molecule has 5 nitrogen and oxygen atoms in total. The van der Waals surface area contributed by atoms with Gasteiger partial charge in [0.15, 0.2) is 11.5 Å². The fourth-order valence-electron chi connectivity index (χ4n) is 2.52. The number of phenols is 1. The fourth-order valence-corrected chi connectivity index (χ4v) is 2.52. The molecule has 0 aromatic heterocycles. The molecule has 0 radical (unpaired) electrons. The monoisotopic (exact) mass is 236 g/mol. The number of phenolic OH excluding ortho intramolecular Hbond substituents is 1. The summed E-state index contributed by atoms with van der Waals surface area (Å²) in [4.78, 5) is 10.9. The Morgan fingerprint density at radius 2 is 1.76 bits per heavy atom. The highest BCUT2D eigenvalue weighted by molar-refractivity contribution is 5.75. The van der Waals surface area contributed by atoms with E-state index in [1.807, 2.05) is 0 Å². The van der Waals surface area contributed by atoms with Gasteiger partial charge in [0.1, 0.15) is 5.75 Å². The first-order valence-electron chi connectivity index (χ1n) is 5.55. The van der Waals surface area contributed by atoms with Crippen LogP contribution in [-0.4, -0.2) is 29.4 Å². The zero-order valence-electron chi connectivity index (χ0n) is 9.15. The summed E-state index contributed by atoms with van der Waals surface area (Å²) in [5.74, 6) is 0.223. The first kappa shape index (κ1) is 10.3. The van der Waals surface area contributed by atoms with Gasteiger partial charge in [-0.15, -0.1) is 0 Å². The molecule has 0 unspecified atom stereocenters. The van der Waals surface area contributed by atoms with Gasteiger partial charge in [-0.1, -0.05) is 0 Å². The Balaban J connectivity index is 2.22. The van der Waals surface area contributed by atoms with Crippen molar-refractivity contribution in [3.63, 3.8) is 0 Å². The van der Waals surface area contributed by atoms with Crippen LogP contribution < -0.4 is 9.47 Å². The van der Waals surface area contributed by atoms with Crippen LogP contribution in [0.5, 0.6) is 17.2 Å². The molecule has 0 bridgehead atoms. The van der Waals surface area contributed by atoms with Gasteiger partial charge < -0.3 is 19.7 Å². The van der Waals surface area contributed by atoms with Gasteiger partial charge in [0.25, 0.3) is 0 Å². The van der Waals surface area contributed by atoms with Crippen molar-refractivity contribution in [2.75, 3.05) is 13.2 Å². The van der Waals surface area contributed by atoms with Gasteiger partial charge in [-0.25, -0.2) is 0 Å². The van der Waals surface area contributed by atoms with Crippen LogP contribution in [0.2, 0.25) is 0 Å². The minimum absolute atomic E-state index is 0.0890. The molecule has 0 amide bonds. The molecule has 5 heteroatoms. The number of carboxylic acid groups (broad SMARTS) is 1. The summed E-state index contributed by atoms with van der Waals surface area (Å²) in [5, 5.41) is 19.0. The Morgan fingerprint density at radius 3 is 2.47 bits per heavy atom. The molecule has 2 N–H and O–H groups in total. The lowest BCUT2D eigenvalue weighted by molar-refractivity contribution is -0.136. The van der Waals surface area contributed by atoms with E-state index in [0.29, 0.717) is 48.7 Å². The molecule has 17 heavy (non-hydrogen) atoms. The van der Waals surface area contributed by atoms with E-state index in [1.54, 1.807) is 0 Å². The van der Waals surface area contributed by atoms with E-state index in [-0.39, 0.29) is 12.2 Å². The Hall–Kier alpha value is -1.91. The van der Waals surface area contributed by atoms with E-state index in [0.717, 1.165) is 5.56 Å². The summed E-state index contributed by atoms with van der Waals surface area (Å²) in [6.45, 7) is 0.969. The van der Waals surface area contributed by atoms with Crippen LogP contribution in [0.15, 0.2) is 0 Å². The maximum absolute atomic E-state index is 10.9. The second-order valence-electron chi connectivity index (χ2n) is 4.21. The van der Waals surface area contributed by atoms with Gasteiger partial charge in [0.05, 0.1) is 19.6 Å². The SMILES string of the molecule is O=C(O)Cc1c2c(c(O)c3c1OCC3)OCC2. The van der Waals surface area contributed by atoms with Crippen molar-refractivity contribution in [2.45, 2.75) is 19.3 Å². The number of aromatic hydroxyl groups is 1. The van der Waals surface area contributed by atoms with Crippen LogP contribution in [0.3, 0.4) is 0 Å². The molecule has 0 saturated heterocycles. The first-order chi connectivity index (χ1) is 8.18. The predicted octanol–water partition coefficient (Wildman–Crippen LogP) is 0.889. The molecule has 3 rings (SSSR count). The normalized spacial score (nSPS) is 16.0. The summed E-state index contributed by atoms with van der Waals surface area (Å²) >= 11 is 0. The number of ether oxygens (including phenoxy) is 2. The lowest BCUT2D eigenvalue weighted by atomic mass is 9.96. The molecular formula is C12H12O5. The molecule has 2 aliphatic rings. The Labute approximate surface area is 97.6 Å². The number of hydrogen-bond acceptors (Lipinski definition) is 4. The molecular weight excluding hydrogens is 224 g/mol. The van der Waals surface area contributed by atoms with E-state index in [1.165, 1.54) is 0 Å². The van der Waals surface area contributed by atoms with E-state index in [4.69, 9.17) is 14.6 Å². The molecule has 90 valence electrons. The molecule has 1 aromatic carbocycles. The molecule has 0 aliphatic carbocycles. The molecule has 1 aromatic rings. The van der Waals surface area contributed by atoms with Crippen molar-refractivity contribution < 1.29 is 24.5 Å². The number of carboxylic acids is 1. The van der Waals surface area contributed by atoms with Crippen molar-refractivity contribution >= 4 is 5.97 Å². The minimum atomic E-state index is -0.900. The average molecular weight is 236 g/mol. The Bertz CT molecular complexity index is 471. The first-order valence-corrected chi connectivity index (χ1v) is 5.55. The maximum atomic E-state index is 10.9. The highest BCUT2D eigenvalue weighted by atomic mass is 16.5. The van der Waals surface area contributed by atoms with Crippen LogP contribution in [0.4, 0.5) is 0 Å². The zero-order chi connectivity index (χ0) is 12.0. The van der Waals surface area contributed by atoms with E-state index in [9.17, 15) is 9.90 Å². The number of hydrogen-bond donors (Lipinski definition) is 2. The van der Waals surface area contributed by atoms with Crippen molar-refractivity contribution in [3.05, 3.63) is 16.7 Å². The minimum Gasteiger partial charge on any atom is -0.504 e. The number of fused-ring (bicyclic) bond motifs is 2. The summed E-state index contributed by atoms with van der Waals surface area (Å²) in [6.07, 6.45) is 1.14. The van der Waals surface area contributed by atoms with Crippen LogP contribution >= 0.6 is 0 Å². The van der Waals surface area contributed by atoms with Gasteiger partial charge >= 0.3 is 5.97 Å². The zero-order valence-corrected chi connectivity index (χ0v) is 9.15. The third-order valence-electron chi connectivity index (χ3n) is 3.21. The highest BCUT2D eigenvalue weighted by Crippen LogP contribution is 2.48. The largest absolute Gasteiger partial charge is 0.504 e. The van der Waals surface area contributed by atoms with Gasteiger partial charge in [-0.05, 0) is 0 Å². The molecule has 0 spiro atoms. The van der Waals surface area contributed by atoms with E-state index < -0.39 is 5.97 Å². The lowest BCUT2D eigenvalue weighted by Crippen LogP contribution is -2.05. The predicted molar refractivity (Wildman–Crippen MR) is 57.8 cm³/mol. The van der Waals surface area contributed by atoms with Crippen LogP contribution in [0, 0.1) is 0 Å². The van der Waals surface area contributed by atoms with Crippen molar-refractivity contribution in [1.29, 1.82) is 0 Å². The van der Waals surface area contributed by atoms with E-state index in [2.05, 4.69) is 0 Å². The van der Waals surface area contributed by atoms with Crippen LogP contribution in [0.25, 0.3) is 0 Å². The number of rotatable bonds is 2. The molecule has 0 fully saturated rings. The number of benzene rings is 1. The topological polar surface area (TPSA) is 76.0 Å². The molecule has 2 heterocycles. The standard InChI is InChI=1S/C12H12O5/c13-9(14)5-8-6-1-3-17-12(6)10(15)7-2-4-16-11(7)8/h15H,1-5H2,(H,13,14). The summed E-state index contributed by atoms with van der Waals surface area (Å²) in [5.41, 5.74) is 2.13. The average Bonchev–Trinajstić information content (AvgIpc) is 2.92. The summed E-state index contributed by atoms with van der Waals surface area (Å²) < 4.78 is 10.8. The van der Waals surface area contributed by atoms with Crippen LogP contribution in [0.1, 0.15) is 16.7 Å². The maximum Gasteiger partial charge on any atom is 0.307 e. The Kier molecular flexibility index (Phi) is 2.14. The molecule has 0 atom stereocenters. The van der Waals surface area contributed by atoms with Gasteiger partial charge in [-0.2, -0.15) is 0 Å². The van der Waals surface area contributed by atoms with Gasteiger partial charge in [0.2, 0.25) is 0 Å². The van der Waals surface area contributed by atoms with Crippen molar-refractivity contribution in [2.24, 2.45) is 0 Å². The molecule has 0 saturated carbocycles. The number of aliphatic carboxylic acids is 1. The smallest absolute Gasteiger partial charge is 0.307 e. The Morgan fingerprint density at radius 1 is 1.12 bits per heavy atom. The van der Waals surface area contributed by atoms with Crippen LogP contribution in [-0.2, 0) is 24.1 Å². The second-order valence-corrected chi connectivity index (χ2v) is 4.21. The summed E-state index contributed by atoms with van der Waals surface area (Å²) in [6, 6.07) is 0. The van der Waals surface area contributed by atoms with Gasteiger partial charge in [-0.3, -0.25) is 4.79 Å². The quantitative estimate of drug-likeness (QED) is 0.797. The van der Waals surface area contributed by atoms with Gasteiger partial charge in [0, 0.05) is 29.5 Å². The highest BCUT2D eigenvalue weighted by Gasteiger charge is 2.31. The molecule has 2 aliphatic heterocycles. The third kappa shape index (κ3) is 1.42. The summed E-state index contributed by atoms with van der Waals surface area (Å²) in [7, 11) is 0.